The molecule has 2 aliphatic rings. The predicted octanol–water partition coefficient (Wildman–Crippen LogP) is 0.464. The van der Waals surface area contributed by atoms with Crippen molar-refractivity contribution in [3.63, 3.8) is 0 Å². The fraction of sp³-hybridized carbons (Fsp3) is 0.533. The van der Waals surface area contributed by atoms with Crippen LogP contribution in [0.3, 0.4) is 0 Å². The van der Waals surface area contributed by atoms with Gasteiger partial charge in [0, 0.05) is 36.9 Å². The summed E-state index contributed by atoms with van der Waals surface area (Å²) in [6.07, 6.45) is 2.78. The van der Waals surface area contributed by atoms with Crippen LogP contribution >= 0.6 is 0 Å². The standard InChI is InChI=1S/C15H22N4O3S/c16-13-4-1-5-14-12(13)3-2-8-19(14)15(20)11-6-9-18(10-7-11)23(17,21)22/h1,4-5,11H,2-3,6-10,16H2,(H2,17,21,22). The summed E-state index contributed by atoms with van der Waals surface area (Å²) in [5.41, 5.74) is 8.68. The fourth-order valence-corrected chi connectivity index (χ4v) is 4.18. The highest BCUT2D eigenvalue weighted by atomic mass is 32.2. The number of rotatable bonds is 2. The average molecular weight is 338 g/mol. The van der Waals surface area contributed by atoms with Gasteiger partial charge < -0.3 is 10.6 Å². The molecule has 1 amide bonds. The van der Waals surface area contributed by atoms with Gasteiger partial charge in [-0.25, -0.2) is 5.14 Å². The summed E-state index contributed by atoms with van der Waals surface area (Å²) in [6.45, 7) is 1.28. The second-order valence-electron chi connectivity index (χ2n) is 6.16. The van der Waals surface area contributed by atoms with Gasteiger partial charge in [0.15, 0.2) is 0 Å². The minimum Gasteiger partial charge on any atom is -0.398 e. The number of carbonyl (C=O) groups is 1. The van der Waals surface area contributed by atoms with Crippen molar-refractivity contribution in [2.75, 3.05) is 30.3 Å². The molecule has 0 atom stereocenters. The van der Waals surface area contributed by atoms with Crippen molar-refractivity contribution in [2.45, 2.75) is 25.7 Å². The van der Waals surface area contributed by atoms with E-state index in [0.717, 1.165) is 29.8 Å². The Morgan fingerprint density at radius 2 is 1.87 bits per heavy atom. The Bertz CT molecular complexity index is 711. The van der Waals surface area contributed by atoms with Crippen molar-refractivity contribution in [1.29, 1.82) is 0 Å². The summed E-state index contributed by atoms with van der Waals surface area (Å²) in [6, 6.07) is 5.66. The molecule has 0 radical (unpaired) electrons. The van der Waals surface area contributed by atoms with Gasteiger partial charge >= 0.3 is 0 Å². The molecule has 0 spiro atoms. The zero-order valence-electron chi connectivity index (χ0n) is 12.9. The largest absolute Gasteiger partial charge is 0.398 e. The summed E-state index contributed by atoms with van der Waals surface area (Å²) in [5.74, 6) is -0.106. The molecule has 0 unspecified atom stereocenters. The SMILES string of the molecule is Nc1cccc2c1CCCN2C(=O)C1CCN(S(N)(=O)=O)CC1. The lowest BCUT2D eigenvalue weighted by atomic mass is 9.93. The van der Waals surface area contributed by atoms with Gasteiger partial charge in [-0.05, 0) is 43.4 Å². The first-order valence-corrected chi connectivity index (χ1v) is 9.35. The van der Waals surface area contributed by atoms with Crippen LogP contribution in [0, 0.1) is 5.92 Å². The first kappa shape index (κ1) is 16.2. The highest BCUT2D eigenvalue weighted by Crippen LogP contribution is 2.33. The third-order valence-electron chi connectivity index (χ3n) is 4.72. The number of amides is 1. The molecule has 0 aromatic heterocycles. The molecule has 23 heavy (non-hydrogen) atoms. The zero-order valence-corrected chi connectivity index (χ0v) is 13.8. The van der Waals surface area contributed by atoms with E-state index in [1.54, 1.807) is 0 Å². The topological polar surface area (TPSA) is 110 Å². The van der Waals surface area contributed by atoms with E-state index in [9.17, 15) is 13.2 Å². The molecule has 2 heterocycles. The first-order valence-electron chi connectivity index (χ1n) is 7.84. The van der Waals surface area contributed by atoms with E-state index in [1.807, 2.05) is 23.1 Å². The smallest absolute Gasteiger partial charge is 0.276 e. The second kappa shape index (κ2) is 6.10. The lowest BCUT2D eigenvalue weighted by Gasteiger charge is -2.35. The molecular weight excluding hydrogens is 316 g/mol. The van der Waals surface area contributed by atoms with E-state index in [-0.39, 0.29) is 11.8 Å². The van der Waals surface area contributed by atoms with E-state index in [0.29, 0.717) is 32.5 Å². The summed E-state index contributed by atoms with van der Waals surface area (Å²) < 4.78 is 24.0. The number of anilines is 2. The van der Waals surface area contributed by atoms with Crippen LogP contribution in [-0.2, 0) is 21.4 Å². The van der Waals surface area contributed by atoms with E-state index < -0.39 is 10.2 Å². The summed E-state index contributed by atoms with van der Waals surface area (Å²) in [7, 11) is -3.66. The molecule has 0 saturated carbocycles. The number of hydrogen-bond acceptors (Lipinski definition) is 4. The van der Waals surface area contributed by atoms with Gasteiger partial charge in [0.25, 0.3) is 10.2 Å². The lowest BCUT2D eigenvalue weighted by molar-refractivity contribution is -0.123. The highest BCUT2D eigenvalue weighted by molar-refractivity contribution is 7.86. The molecule has 0 aliphatic carbocycles. The first-order chi connectivity index (χ1) is 10.9. The minimum absolute atomic E-state index is 0.0608. The number of nitrogens with two attached hydrogens (primary N) is 2. The molecule has 1 saturated heterocycles. The summed E-state index contributed by atoms with van der Waals surface area (Å²) in [4.78, 5) is 14.7. The van der Waals surface area contributed by atoms with Gasteiger partial charge in [0.2, 0.25) is 5.91 Å². The van der Waals surface area contributed by atoms with Gasteiger partial charge in [-0.3, -0.25) is 4.79 Å². The maximum Gasteiger partial charge on any atom is 0.276 e. The van der Waals surface area contributed by atoms with Gasteiger partial charge in [0.1, 0.15) is 0 Å². The van der Waals surface area contributed by atoms with Gasteiger partial charge in [-0.15, -0.1) is 0 Å². The molecule has 8 heteroatoms. The second-order valence-corrected chi connectivity index (χ2v) is 7.70. The van der Waals surface area contributed by atoms with Crippen LogP contribution in [0.25, 0.3) is 0 Å². The Labute approximate surface area is 136 Å². The predicted molar refractivity (Wildman–Crippen MR) is 88.9 cm³/mol. The maximum absolute atomic E-state index is 12.9. The Morgan fingerprint density at radius 1 is 1.17 bits per heavy atom. The highest BCUT2D eigenvalue weighted by Gasteiger charge is 2.33. The van der Waals surface area contributed by atoms with Crippen LogP contribution in [0.15, 0.2) is 18.2 Å². The number of nitrogen functional groups attached to an aromatic ring is 1. The maximum atomic E-state index is 12.9. The van der Waals surface area contributed by atoms with Crippen molar-refractivity contribution in [1.82, 2.24) is 4.31 Å². The Hall–Kier alpha value is -1.64. The average Bonchev–Trinajstić information content (AvgIpc) is 2.53. The van der Waals surface area contributed by atoms with E-state index in [4.69, 9.17) is 10.9 Å². The van der Waals surface area contributed by atoms with E-state index in [1.165, 1.54) is 4.31 Å². The quantitative estimate of drug-likeness (QED) is 0.763. The molecule has 126 valence electrons. The number of piperidine rings is 1. The molecule has 2 aliphatic heterocycles. The normalized spacial score (nSPS) is 20.3. The van der Waals surface area contributed by atoms with Crippen molar-refractivity contribution < 1.29 is 13.2 Å². The number of fused-ring (bicyclic) bond motifs is 1. The van der Waals surface area contributed by atoms with E-state index >= 15 is 0 Å². The number of carbonyl (C=O) groups excluding carboxylic acids is 1. The minimum atomic E-state index is -3.66. The molecule has 1 fully saturated rings. The zero-order chi connectivity index (χ0) is 16.6. The molecule has 1 aromatic rings. The van der Waals surface area contributed by atoms with Crippen LogP contribution in [0.5, 0.6) is 0 Å². The third kappa shape index (κ3) is 3.19. The van der Waals surface area contributed by atoms with Crippen molar-refractivity contribution in [3.05, 3.63) is 23.8 Å². The number of hydrogen-bond donors (Lipinski definition) is 2. The van der Waals surface area contributed by atoms with Crippen LogP contribution in [0.2, 0.25) is 0 Å². The van der Waals surface area contributed by atoms with Crippen molar-refractivity contribution >= 4 is 27.5 Å². The molecule has 0 bridgehead atoms. The van der Waals surface area contributed by atoms with Crippen molar-refractivity contribution in [3.8, 4) is 0 Å². The summed E-state index contributed by atoms with van der Waals surface area (Å²) in [5, 5.41) is 5.14. The lowest BCUT2D eigenvalue weighted by Crippen LogP contribution is -2.47. The monoisotopic (exact) mass is 338 g/mol. The summed E-state index contributed by atoms with van der Waals surface area (Å²) >= 11 is 0. The van der Waals surface area contributed by atoms with Crippen LogP contribution in [0.1, 0.15) is 24.8 Å². The molecule has 3 rings (SSSR count). The van der Waals surface area contributed by atoms with E-state index in [2.05, 4.69) is 0 Å². The Morgan fingerprint density at radius 3 is 2.52 bits per heavy atom. The Kier molecular flexibility index (Phi) is 4.31. The van der Waals surface area contributed by atoms with Crippen LogP contribution < -0.4 is 15.8 Å². The van der Waals surface area contributed by atoms with Crippen LogP contribution in [-0.4, -0.2) is 38.3 Å². The number of nitrogens with zero attached hydrogens (tertiary/aromatic N) is 2. The number of benzene rings is 1. The van der Waals surface area contributed by atoms with Gasteiger partial charge in [-0.2, -0.15) is 12.7 Å². The third-order valence-corrected chi connectivity index (χ3v) is 5.80. The van der Waals surface area contributed by atoms with Gasteiger partial charge in [-0.1, -0.05) is 6.07 Å². The fourth-order valence-electron chi connectivity index (χ4n) is 3.46. The molecular formula is C15H22N4O3S. The Balaban J connectivity index is 1.75. The molecule has 1 aromatic carbocycles. The van der Waals surface area contributed by atoms with Crippen molar-refractivity contribution in [2.24, 2.45) is 11.1 Å². The van der Waals surface area contributed by atoms with Gasteiger partial charge in [0.05, 0.1) is 0 Å². The van der Waals surface area contributed by atoms with Crippen LogP contribution in [0.4, 0.5) is 11.4 Å². The molecule has 7 nitrogen and oxygen atoms in total. The molecule has 4 N–H and O–H groups in total.